The van der Waals surface area contributed by atoms with Crippen molar-refractivity contribution in [1.82, 2.24) is 15.1 Å². The number of hydrogen-bond acceptors (Lipinski definition) is 2. The molecule has 1 aromatic carbocycles. The molecule has 2 aromatic rings. The molecule has 0 spiro atoms. The minimum Gasteiger partial charge on any atom is -0.340 e. The smallest absolute Gasteiger partial charge is 0.274 e. The van der Waals surface area contributed by atoms with Gasteiger partial charge in [0.15, 0.2) is 5.69 Å². The highest BCUT2D eigenvalue weighted by atomic mass is 16.2. The molecule has 1 aromatic heterocycles. The first kappa shape index (κ1) is 12.6. The number of hydrogen-bond donors (Lipinski definition) is 1. The molecule has 0 atom stereocenters. The molecule has 0 aliphatic carbocycles. The lowest BCUT2D eigenvalue weighted by molar-refractivity contribution is 0.0785. The zero-order chi connectivity index (χ0) is 13.1. The van der Waals surface area contributed by atoms with Gasteiger partial charge >= 0.3 is 0 Å². The molecule has 0 radical (unpaired) electrons. The van der Waals surface area contributed by atoms with E-state index >= 15 is 0 Å². The first-order valence-corrected chi connectivity index (χ1v) is 6.28. The number of para-hydroxylation sites is 1. The molecule has 0 saturated heterocycles. The molecular weight excluding hydrogens is 226 g/mol. The van der Waals surface area contributed by atoms with E-state index in [9.17, 15) is 4.79 Å². The van der Waals surface area contributed by atoms with Crippen LogP contribution in [0.5, 0.6) is 0 Å². The third-order valence-corrected chi connectivity index (χ3v) is 3.06. The Bertz CT molecular complexity index is 545. The van der Waals surface area contributed by atoms with Gasteiger partial charge in [-0.15, -0.1) is 0 Å². The average Bonchev–Trinajstić information content (AvgIpc) is 2.78. The van der Waals surface area contributed by atoms with Crippen LogP contribution in [-0.2, 0) is 0 Å². The van der Waals surface area contributed by atoms with Crippen LogP contribution in [0.25, 0.3) is 10.9 Å². The molecule has 0 unspecified atom stereocenters. The van der Waals surface area contributed by atoms with Crippen LogP contribution in [0.3, 0.4) is 0 Å². The molecule has 1 N–H and O–H groups in total. The molecule has 1 heterocycles. The maximum Gasteiger partial charge on any atom is 0.274 e. The van der Waals surface area contributed by atoms with Gasteiger partial charge in [-0.3, -0.25) is 9.89 Å². The quantitative estimate of drug-likeness (QED) is 0.900. The number of benzene rings is 1. The summed E-state index contributed by atoms with van der Waals surface area (Å²) in [6.45, 7) is 5.07. The SMILES string of the molecule is CC(C)CCN(C)C(=O)c1n[nH]c2ccccc12. The van der Waals surface area contributed by atoms with Crippen LogP contribution in [0.4, 0.5) is 0 Å². The maximum atomic E-state index is 12.3. The number of aromatic amines is 1. The number of nitrogens with zero attached hydrogens (tertiary/aromatic N) is 2. The minimum absolute atomic E-state index is 0.0203. The van der Waals surface area contributed by atoms with E-state index in [1.807, 2.05) is 31.3 Å². The molecular formula is C14H19N3O. The lowest BCUT2D eigenvalue weighted by atomic mass is 10.1. The fourth-order valence-electron chi connectivity index (χ4n) is 1.86. The second kappa shape index (κ2) is 5.21. The van der Waals surface area contributed by atoms with E-state index < -0.39 is 0 Å². The van der Waals surface area contributed by atoms with E-state index in [2.05, 4.69) is 24.0 Å². The molecule has 1 amide bonds. The van der Waals surface area contributed by atoms with Crippen molar-refractivity contribution in [3.63, 3.8) is 0 Å². The summed E-state index contributed by atoms with van der Waals surface area (Å²) in [7, 11) is 1.83. The largest absolute Gasteiger partial charge is 0.340 e. The summed E-state index contributed by atoms with van der Waals surface area (Å²) < 4.78 is 0. The van der Waals surface area contributed by atoms with Crippen LogP contribution >= 0.6 is 0 Å². The highest BCUT2D eigenvalue weighted by Crippen LogP contribution is 2.16. The van der Waals surface area contributed by atoms with Gasteiger partial charge in [-0.25, -0.2) is 0 Å². The van der Waals surface area contributed by atoms with Crippen LogP contribution < -0.4 is 0 Å². The topological polar surface area (TPSA) is 49.0 Å². The molecule has 4 nitrogen and oxygen atoms in total. The monoisotopic (exact) mass is 245 g/mol. The van der Waals surface area contributed by atoms with Crippen molar-refractivity contribution in [2.24, 2.45) is 5.92 Å². The third kappa shape index (κ3) is 2.53. The predicted octanol–water partition coefficient (Wildman–Crippen LogP) is 2.68. The highest BCUT2D eigenvalue weighted by molar-refractivity contribution is 6.04. The Morgan fingerprint density at radius 1 is 1.39 bits per heavy atom. The van der Waals surface area contributed by atoms with Crippen molar-refractivity contribution in [3.05, 3.63) is 30.0 Å². The Morgan fingerprint density at radius 3 is 2.83 bits per heavy atom. The standard InChI is InChI=1S/C14H19N3O/c1-10(2)8-9-17(3)14(18)13-11-6-4-5-7-12(11)15-16-13/h4-7,10H,8-9H2,1-3H3,(H,15,16). The van der Waals surface area contributed by atoms with Crippen LogP contribution in [0, 0.1) is 5.92 Å². The second-order valence-corrected chi connectivity index (χ2v) is 5.03. The lowest BCUT2D eigenvalue weighted by Crippen LogP contribution is -2.28. The Balaban J connectivity index is 2.18. The molecule has 0 saturated carbocycles. The van der Waals surface area contributed by atoms with Gasteiger partial charge in [0.2, 0.25) is 0 Å². The third-order valence-electron chi connectivity index (χ3n) is 3.06. The van der Waals surface area contributed by atoms with Crippen LogP contribution in [0.15, 0.2) is 24.3 Å². The van der Waals surface area contributed by atoms with Gasteiger partial charge in [0.25, 0.3) is 5.91 Å². The number of rotatable bonds is 4. The van der Waals surface area contributed by atoms with E-state index in [0.717, 1.165) is 23.9 Å². The lowest BCUT2D eigenvalue weighted by Gasteiger charge is -2.17. The number of fused-ring (bicyclic) bond motifs is 1. The summed E-state index contributed by atoms with van der Waals surface area (Å²) >= 11 is 0. The van der Waals surface area contributed by atoms with E-state index in [0.29, 0.717) is 11.6 Å². The summed E-state index contributed by atoms with van der Waals surface area (Å²) in [6, 6.07) is 7.69. The van der Waals surface area contributed by atoms with Gasteiger partial charge in [0.05, 0.1) is 5.52 Å². The van der Waals surface area contributed by atoms with E-state index in [1.165, 1.54) is 0 Å². The Morgan fingerprint density at radius 2 is 2.11 bits per heavy atom. The summed E-state index contributed by atoms with van der Waals surface area (Å²) in [6.07, 6.45) is 1.00. The molecule has 0 aliphatic rings. The van der Waals surface area contributed by atoms with Gasteiger partial charge in [-0.2, -0.15) is 5.10 Å². The van der Waals surface area contributed by atoms with Crippen LogP contribution in [-0.4, -0.2) is 34.6 Å². The van der Waals surface area contributed by atoms with Crippen molar-refractivity contribution < 1.29 is 4.79 Å². The minimum atomic E-state index is -0.0203. The van der Waals surface area contributed by atoms with Crippen molar-refractivity contribution in [2.75, 3.05) is 13.6 Å². The fraction of sp³-hybridized carbons (Fsp3) is 0.429. The van der Waals surface area contributed by atoms with E-state index in [4.69, 9.17) is 0 Å². The summed E-state index contributed by atoms with van der Waals surface area (Å²) in [5, 5.41) is 7.91. The second-order valence-electron chi connectivity index (χ2n) is 5.03. The molecule has 0 fully saturated rings. The molecule has 4 heteroatoms. The Hall–Kier alpha value is -1.84. The predicted molar refractivity (Wildman–Crippen MR) is 72.5 cm³/mol. The first-order valence-electron chi connectivity index (χ1n) is 6.28. The van der Waals surface area contributed by atoms with E-state index in [-0.39, 0.29) is 5.91 Å². The van der Waals surface area contributed by atoms with Crippen molar-refractivity contribution in [2.45, 2.75) is 20.3 Å². The number of nitrogens with one attached hydrogen (secondary N) is 1. The van der Waals surface area contributed by atoms with Gasteiger partial charge in [0, 0.05) is 19.0 Å². The van der Waals surface area contributed by atoms with Gasteiger partial charge < -0.3 is 4.90 Å². The van der Waals surface area contributed by atoms with Crippen LogP contribution in [0.1, 0.15) is 30.8 Å². The maximum absolute atomic E-state index is 12.3. The normalized spacial score (nSPS) is 11.1. The zero-order valence-electron chi connectivity index (χ0n) is 11.1. The number of H-pyrrole nitrogens is 1. The first-order chi connectivity index (χ1) is 8.59. The summed E-state index contributed by atoms with van der Waals surface area (Å²) in [4.78, 5) is 14.0. The van der Waals surface area contributed by atoms with E-state index in [1.54, 1.807) is 4.90 Å². The van der Waals surface area contributed by atoms with Crippen LogP contribution in [0.2, 0.25) is 0 Å². The molecule has 0 aliphatic heterocycles. The van der Waals surface area contributed by atoms with Crippen molar-refractivity contribution in [1.29, 1.82) is 0 Å². The van der Waals surface area contributed by atoms with Gasteiger partial charge in [0.1, 0.15) is 0 Å². The average molecular weight is 245 g/mol. The Labute approximate surface area is 107 Å². The van der Waals surface area contributed by atoms with Gasteiger partial charge in [-0.05, 0) is 18.4 Å². The number of carbonyl (C=O) groups is 1. The van der Waals surface area contributed by atoms with Crippen molar-refractivity contribution >= 4 is 16.8 Å². The summed E-state index contributed by atoms with van der Waals surface area (Å²) in [5.41, 5.74) is 1.41. The zero-order valence-corrected chi connectivity index (χ0v) is 11.1. The molecule has 18 heavy (non-hydrogen) atoms. The van der Waals surface area contributed by atoms with Crippen molar-refractivity contribution in [3.8, 4) is 0 Å². The van der Waals surface area contributed by atoms with Gasteiger partial charge in [-0.1, -0.05) is 32.0 Å². The number of carbonyl (C=O) groups excluding carboxylic acids is 1. The fourth-order valence-corrected chi connectivity index (χ4v) is 1.86. The Kier molecular flexibility index (Phi) is 3.65. The number of aromatic nitrogens is 2. The molecule has 0 bridgehead atoms. The summed E-state index contributed by atoms with van der Waals surface area (Å²) in [5.74, 6) is 0.573. The highest BCUT2D eigenvalue weighted by Gasteiger charge is 2.17. The molecule has 96 valence electrons. The number of amides is 1. The molecule has 2 rings (SSSR count).